The predicted octanol–water partition coefficient (Wildman–Crippen LogP) is 3.99. The predicted molar refractivity (Wildman–Crippen MR) is 62.7 cm³/mol. The lowest BCUT2D eigenvalue weighted by molar-refractivity contribution is 1.04. The molecule has 0 amide bonds. The molecule has 0 saturated heterocycles. The Balaban J connectivity index is 2.58. The van der Waals surface area contributed by atoms with Crippen LogP contribution in [0.5, 0.6) is 0 Å². The molecule has 0 aromatic heterocycles. The second kappa shape index (κ2) is 4.82. The first kappa shape index (κ1) is 10.8. The van der Waals surface area contributed by atoms with Gasteiger partial charge in [0.05, 0.1) is 0 Å². The molecule has 0 N–H and O–H groups in total. The second-order valence-electron chi connectivity index (χ2n) is 3.83. The summed E-state index contributed by atoms with van der Waals surface area (Å²) in [6.45, 7) is 4.46. The van der Waals surface area contributed by atoms with Gasteiger partial charge in [-0.25, -0.2) is 0 Å². The number of hydrogen-bond acceptors (Lipinski definition) is 0. The number of benzene rings is 1. The van der Waals surface area contributed by atoms with Gasteiger partial charge in [-0.05, 0) is 17.7 Å². The van der Waals surface area contributed by atoms with Crippen molar-refractivity contribution < 1.29 is 0 Å². The van der Waals surface area contributed by atoms with Crippen LogP contribution in [0.15, 0.2) is 30.3 Å². The molecule has 1 aromatic rings. The van der Waals surface area contributed by atoms with E-state index < -0.39 is 7.38 Å². The maximum atomic E-state index is 6.51. The Morgan fingerprint density at radius 2 is 1.85 bits per heavy atom. The van der Waals surface area contributed by atoms with Crippen LogP contribution in [0.4, 0.5) is 0 Å². The van der Waals surface area contributed by atoms with E-state index in [1.165, 1.54) is 18.0 Å². The van der Waals surface area contributed by atoms with Gasteiger partial charge in [-0.3, -0.25) is 0 Å². The first-order valence-electron chi connectivity index (χ1n) is 4.87. The zero-order valence-electron chi connectivity index (χ0n) is 8.39. The molecule has 0 aliphatic heterocycles. The summed E-state index contributed by atoms with van der Waals surface area (Å²) in [6.07, 6.45) is 1.21. The molecule has 0 aliphatic rings. The van der Waals surface area contributed by atoms with Crippen LogP contribution in [0.1, 0.15) is 18.9 Å². The SMILES string of the molecule is CCC[Si](C)(Cl)Cc1ccccc1. The minimum Gasteiger partial charge on any atom is -0.167 e. The van der Waals surface area contributed by atoms with Crippen LogP contribution >= 0.6 is 11.1 Å². The van der Waals surface area contributed by atoms with Crippen LogP contribution in [-0.4, -0.2) is 7.38 Å². The molecule has 1 atom stereocenters. The molecule has 1 rings (SSSR count). The highest BCUT2D eigenvalue weighted by Crippen LogP contribution is 2.21. The maximum absolute atomic E-state index is 6.51. The van der Waals surface area contributed by atoms with Crippen molar-refractivity contribution in [3.05, 3.63) is 35.9 Å². The smallest absolute Gasteiger partial charge is 0.157 e. The van der Waals surface area contributed by atoms with E-state index in [0.717, 1.165) is 6.04 Å². The van der Waals surface area contributed by atoms with E-state index in [9.17, 15) is 0 Å². The van der Waals surface area contributed by atoms with Gasteiger partial charge in [0, 0.05) is 0 Å². The molecule has 0 heterocycles. The van der Waals surface area contributed by atoms with Gasteiger partial charge in [-0.1, -0.05) is 50.2 Å². The zero-order valence-corrected chi connectivity index (χ0v) is 10.1. The average Bonchev–Trinajstić information content (AvgIpc) is 2.04. The van der Waals surface area contributed by atoms with E-state index in [1.54, 1.807) is 0 Å². The molecule has 72 valence electrons. The maximum Gasteiger partial charge on any atom is 0.157 e. The van der Waals surface area contributed by atoms with E-state index in [4.69, 9.17) is 11.1 Å². The highest BCUT2D eigenvalue weighted by atomic mass is 35.6. The fourth-order valence-electron chi connectivity index (χ4n) is 1.63. The third-order valence-corrected chi connectivity index (χ3v) is 5.84. The third kappa shape index (κ3) is 3.97. The molecule has 0 bridgehead atoms. The third-order valence-electron chi connectivity index (χ3n) is 2.19. The van der Waals surface area contributed by atoms with Crippen LogP contribution in [0.2, 0.25) is 12.6 Å². The van der Waals surface area contributed by atoms with Crippen LogP contribution in [0.3, 0.4) is 0 Å². The van der Waals surface area contributed by atoms with E-state index in [0.29, 0.717) is 0 Å². The Kier molecular flexibility index (Phi) is 4.01. The van der Waals surface area contributed by atoms with Crippen molar-refractivity contribution in [2.24, 2.45) is 0 Å². The summed E-state index contributed by atoms with van der Waals surface area (Å²) in [4.78, 5) is 0. The first-order valence-corrected chi connectivity index (χ1v) is 8.79. The Labute approximate surface area is 86.6 Å². The van der Waals surface area contributed by atoms with Crippen molar-refractivity contribution in [2.45, 2.75) is 32.0 Å². The first-order chi connectivity index (χ1) is 6.14. The minimum atomic E-state index is -1.47. The molecule has 0 fully saturated rings. The van der Waals surface area contributed by atoms with Crippen molar-refractivity contribution >= 4 is 18.5 Å². The van der Waals surface area contributed by atoms with Gasteiger partial charge in [0.1, 0.15) is 0 Å². The van der Waals surface area contributed by atoms with E-state index in [-0.39, 0.29) is 0 Å². The van der Waals surface area contributed by atoms with E-state index in [1.807, 2.05) is 0 Å². The summed E-state index contributed by atoms with van der Waals surface area (Å²) in [6, 6.07) is 12.9. The van der Waals surface area contributed by atoms with Crippen LogP contribution in [-0.2, 0) is 6.04 Å². The molecule has 0 nitrogen and oxygen atoms in total. The van der Waals surface area contributed by atoms with Crippen molar-refractivity contribution in [1.29, 1.82) is 0 Å². The number of rotatable bonds is 4. The monoisotopic (exact) mass is 212 g/mol. The van der Waals surface area contributed by atoms with Gasteiger partial charge in [0.2, 0.25) is 0 Å². The molecule has 0 saturated carbocycles. The lowest BCUT2D eigenvalue weighted by atomic mass is 10.2. The van der Waals surface area contributed by atoms with Gasteiger partial charge >= 0.3 is 0 Å². The Hall–Kier alpha value is -0.273. The fraction of sp³-hybridized carbons (Fsp3) is 0.455. The Morgan fingerprint density at radius 1 is 1.23 bits per heavy atom. The van der Waals surface area contributed by atoms with Crippen LogP contribution < -0.4 is 0 Å². The van der Waals surface area contributed by atoms with Gasteiger partial charge < -0.3 is 0 Å². The lowest BCUT2D eigenvalue weighted by Crippen LogP contribution is -2.25. The zero-order chi connectivity index (χ0) is 9.73. The van der Waals surface area contributed by atoms with Gasteiger partial charge in [-0.2, -0.15) is 11.1 Å². The normalized spacial score (nSPS) is 15.3. The van der Waals surface area contributed by atoms with Gasteiger partial charge in [0.25, 0.3) is 0 Å². The van der Waals surface area contributed by atoms with Gasteiger partial charge in [0.15, 0.2) is 7.38 Å². The lowest BCUT2D eigenvalue weighted by Gasteiger charge is -2.18. The minimum absolute atomic E-state index is 1.10. The molecule has 1 aromatic carbocycles. The summed E-state index contributed by atoms with van der Waals surface area (Å²) >= 11 is 6.51. The van der Waals surface area contributed by atoms with Crippen molar-refractivity contribution in [3.63, 3.8) is 0 Å². The summed E-state index contributed by atoms with van der Waals surface area (Å²) < 4.78 is 0. The average molecular weight is 213 g/mol. The van der Waals surface area contributed by atoms with Crippen LogP contribution in [0.25, 0.3) is 0 Å². The molecule has 0 spiro atoms. The second-order valence-corrected chi connectivity index (χ2v) is 10.2. The Bertz CT molecular complexity index is 244. The highest BCUT2D eigenvalue weighted by molar-refractivity contribution is 7.19. The van der Waals surface area contributed by atoms with Crippen molar-refractivity contribution in [1.82, 2.24) is 0 Å². The van der Waals surface area contributed by atoms with Crippen LogP contribution in [0, 0.1) is 0 Å². The largest absolute Gasteiger partial charge is 0.167 e. The van der Waals surface area contributed by atoms with Crippen molar-refractivity contribution in [3.8, 4) is 0 Å². The summed E-state index contributed by atoms with van der Waals surface area (Å²) in [5.74, 6) is 0. The van der Waals surface area contributed by atoms with E-state index >= 15 is 0 Å². The van der Waals surface area contributed by atoms with Gasteiger partial charge in [-0.15, -0.1) is 0 Å². The number of hydrogen-bond donors (Lipinski definition) is 0. The molecule has 1 unspecified atom stereocenters. The quantitative estimate of drug-likeness (QED) is 0.523. The molecule has 13 heavy (non-hydrogen) atoms. The number of halogens is 1. The summed E-state index contributed by atoms with van der Waals surface area (Å²) in [5, 5.41) is 0. The van der Waals surface area contributed by atoms with E-state index in [2.05, 4.69) is 43.8 Å². The molecule has 2 heteroatoms. The summed E-state index contributed by atoms with van der Waals surface area (Å²) in [5.41, 5.74) is 1.39. The fourth-order valence-corrected chi connectivity index (χ4v) is 4.97. The molecule has 0 aliphatic carbocycles. The highest BCUT2D eigenvalue weighted by Gasteiger charge is 2.23. The summed E-state index contributed by atoms with van der Waals surface area (Å²) in [7, 11) is -1.47. The molecular formula is C11H17ClSi. The van der Waals surface area contributed by atoms with Crippen molar-refractivity contribution in [2.75, 3.05) is 0 Å². The molecular weight excluding hydrogens is 196 g/mol. The Morgan fingerprint density at radius 3 is 2.38 bits per heavy atom. The standard InChI is InChI=1S/C11H17ClSi/c1-3-9-13(2,12)10-11-7-5-4-6-8-11/h4-8H,3,9-10H2,1-2H3. The molecule has 0 radical (unpaired) electrons. The topological polar surface area (TPSA) is 0 Å².